The Morgan fingerprint density at radius 1 is 1.04 bits per heavy atom. The molecule has 134 valence electrons. The number of carbonyl (C=O) groups excluding carboxylic acids is 2. The zero-order valence-corrected chi connectivity index (χ0v) is 13.9. The van der Waals surface area contributed by atoms with E-state index in [0.29, 0.717) is 22.6 Å². The summed E-state index contributed by atoms with van der Waals surface area (Å²) in [5, 5.41) is 10.1. The normalized spacial score (nSPS) is 16.1. The van der Waals surface area contributed by atoms with Gasteiger partial charge in [0.2, 0.25) is 6.79 Å². The summed E-state index contributed by atoms with van der Waals surface area (Å²) in [6.07, 6.45) is -0.966. The van der Waals surface area contributed by atoms with Gasteiger partial charge >= 0.3 is 0 Å². The fourth-order valence-electron chi connectivity index (χ4n) is 3.01. The molecule has 2 heterocycles. The zero-order chi connectivity index (χ0) is 18.1. The Morgan fingerprint density at radius 3 is 2.46 bits per heavy atom. The average Bonchev–Trinajstić information content (AvgIpc) is 3.21. The van der Waals surface area contributed by atoms with Gasteiger partial charge in [0.05, 0.1) is 37.0 Å². The number of benzene rings is 2. The second-order valence-electron chi connectivity index (χ2n) is 6.12. The Bertz CT molecular complexity index is 830. The monoisotopic (exact) mass is 355 g/mol. The van der Waals surface area contributed by atoms with Crippen LogP contribution in [0.2, 0.25) is 0 Å². The number of carbonyl (C=O) groups is 2. The Kier molecular flexibility index (Phi) is 4.32. The van der Waals surface area contributed by atoms with Crippen LogP contribution in [0.5, 0.6) is 11.5 Å². The molecule has 2 aliphatic heterocycles. The number of rotatable bonds is 6. The minimum absolute atomic E-state index is 0.00183. The van der Waals surface area contributed by atoms with E-state index < -0.39 is 6.10 Å². The van der Waals surface area contributed by atoms with E-state index in [9.17, 15) is 14.7 Å². The molecule has 2 aromatic rings. The Balaban J connectivity index is 1.30. The second-order valence-corrected chi connectivity index (χ2v) is 6.12. The average molecular weight is 355 g/mol. The summed E-state index contributed by atoms with van der Waals surface area (Å²) in [6.45, 7) is 0.379. The van der Waals surface area contributed by atoms with E-state index in [1.807, 2.05) is 12.1 Å². The Morgan fingerprint density at radius 2 is 1.73 bits per heavy atom. The van der Waals surface area contributed by atoms with Crippen LogP contribution in [0, 0.1) is 0 Å². The molecular weight excluding hydrogens is 338 g/mol. The summed E-state index contributed by atoms with van der Waals surface area (Å²) in [4.78, 5) is 25.6. The lowest BCUT2D eigenvalue weighted by Gasteiger charge is -2.18. The lowest BCUT2D eigenvalue weighted by Crippen LogP contribution is -2.38. The van der Waals surface area contributed by atoms with Crippen molar-refractivity contribution in [3.8, 4) is 11.5 Å². The molecule has 2 aliphatic rings. The first-order valence-electron chi connectivity index (χ1n) is 8.23. The lowest BCUT2D eigenvalue weighted by atomic mass is 10.1. The maximum absolute atomic E-state index is 12.3. The van der Waals surface area contributed by atoms with E-state index in [4.69, 9.17) is 14.2 Å². The van der Waals surface area contributed by atoms with E-state index in [-0.39, 0.29) is 38.4 Å². The molecule has 0 saturated carbocycles. The van der Waals surface area contributed by atoms with Gasteiger partial charge < -0.3 is 19.3 Å². The third-order valence-electron chi connectivity index (χ3n) is 4.29. The molecule has 0 aromatic heterocycles. The van der Waals surface area contributed by atoms with Crippen LogP contribution >= 0.6 is 0 Å². The van der Waals surface area contributed by atoms with Crippen molar-refractivity contribution >= 4 is 11.8 Å². The van der Waals surface area contributed by atoms with Gasteiger partial charge in [0, 0.05) is 0 Å². The van der Waals surface area contributed by atoms with Gasteiger partial charge in [-0.05, 0) is 29.8 Å². The molecule has 26 heavy (non-hydrogen) atoms. The quantitative estimate of drug-likeness (QED) is 0.792. The van der Waals surface area contributed by atoms with Gasteiger partial charge in [-0.1, -0.05) is 18.2 Å². The van der Waals surface area contributed by atoms with E-state index in [2.05, 4.69) is 0 Å². The SMILES string of the molecule is O=C1c2ccccc2C(=O)N1C[C@H](O)COCc1ccc2c(c1)OCO2. The maximum atomic E-state index is 12.3. The van der Waals surface area contributed by atoms with Crippen LogP contribution in [0.25, 0.3) is 0 Å². The van der Waals surface area contributed by atoms with Crippen LogP contribution in [-0.2, 0) is 11.3 Å². The third-order valence-corrected chi connectivity index (χ3v) is 4.29. The predicted octanol–water partition coefficient (Wildman–Crippen LogP) is 1.59. The maximum Gasteiger partial charge on any atom is 0.261 e. The second kappa shape index (κ2) is 6.78. The number of fused-ring (bicyclic) bond motifs is 2. The molecule has 1 N–H and O–H groups in total. The van der Waals surface area contributed by atoms with Crippen LogP contribution in [-0.4, -0.2) is 47.9 Å². The number of imide groups is 1. The minimum Gasteiger partial charge on any atom is -0.454 e. The van der Waals surface area contributed by atoms with Gasteiger partial charge in [-0.15, -0.1) is 0 Å². The summed E-state index contributed by atoms with van der Waals surface area (Å²) in [6, 6.07) is 12.1. The number of nitrogens with zero attached hydrogens (tertiary/aromatic N) is 1. The Hall–Kier alpha value is -2.90. The largest absolute Gasteiger partial charge is 0.454 e. The molecular formula is C19H17NO6. The van der Waals surface area contributed by atoms with Crippen LogP contribution in [0.4, 0.5) is 0 Å². The Labute approximate surface area is 149 Å². The van der Waals surface area contributed by atoms with Crippen LogP contribution in [0.3, 0.4) is 0 Å². The summed E-state index contributed by atoms with van der Waals surface area (Å²) in [5.41, 5.74) is 1.61. The number of β-amino-alcohol motifs (C(OH)–C–C–N with tert-alkyl or cyclic N) is 1. The zero-order valence-electron chi connectivity index (χ0n) is 13.9. The number of aliphatic hydroxyl groups is 1. The van der Waals surface area contributed by atoms with Crippen LogP contribution in [0.15, 0.2) is 42.5 Å². The molecule has 2 aromatic carbocycles. The highest BCUT2D eigenvalue weighted by atomic mass is 16.7. The molecule has 1 atom stereocenters. The van der Waals surface area contributed by atoms with Crippen molar-refractivity contribution in [2.45, 2.75) is 12.7 Å². The van der Waals surface area contributed by atoms with Gasteiger partial charge in [-0.25, -0.2) is 0 Å². The summed E-state index contributed by atoms with van der Waals surface area (Å²) in [7, 11) is 0. The van der Waals surface area contributed by atoms with E-state index in [1.165, 1.54) is 0 Å². The fraction of sp³-hybridized carbons (Fsp3) is 0.263. The number of hydrogen-bond donors (Lipinski definition) is 1. The van der Waals surface area contributed by atoms with Crippen molar-refractivity contribution in [3.05, 3.63) is 59.2 Å². The minimum atomic E-state index is -0.966. The van der Waals surface area contributed by atoms with Gasteiger partial charge in [0.15, 0.2) is 11.5 Å². The highest BCUT2D eigenvalue weighted by Crippen LogP contribution is 2.32. The van der Waals surface area contributed by atoms with Gasteiger partial charge in [0.1, 0.15) is 0 Å². The highest BCUT2D eigenvalue weighted by Gasteiger charge is 2.36. The molecule has 0 bridgehead atoms. The lowest BCUT2D eigenvalue weighted by molar-refractivity contribution is 0.0119. The van der Waals surface area contributed by atoms with Crippen LogP contribution < -0.4 is 9.47 Å². The van der Waals surface area contributed by atoms with Crippen molar-refractivity contribution in [2.24, 2.45) is 0 Å². The number of ether oxygens (including phenoxy) is 3. The number of amides is 2. The van der Waals surface area contributed by atoms with Crippen LogP contribution in [0.1, 0.15) is 26.3 Å². The fourth-order valence-corrected chi connectivity index (χ4v) is 3.01. The van der Waals surface area contributed by atoms with Gasteiger partial charge in [0.25, 0.3) is 11.8 Å². The van der Waals surface area contributed by atoms with Gasteiger partial charge in [-0.3, -0.25) is 14.5 Å². The topological polar surface area (TPSA) is 85.3 Å². The van der Waals surface area contributed by atoms with Gasteiger partial charge in [-0.2, -0.15) is 0 Å². The number of hydrogen-bond acceptors (Lipinski definition) is 6. The molecule has 7 heteroatoms. The summed E-state index contributed by atoms with van der Waals surface area (Å²) in [5.74, 6) is 0.581. The first-order valence-corrected chi connectivity index (χ1v) is 8.23. The summed E-state index contributed by atoms with van der Waals surface area (Å²) >= 11 is 0. The van der Waals surface area contributed by atoms with E-state index in [1.54, 1.807) is 30.3 Å². The van der Waals surface area contributed by atoms with Crippen molar-refractivity contribution in [3.63, 3.8) is 0 Å². The standard InChI is InChI=1S/C19H17NO6/c21-13(8-20-18(22)14-3-1-2-4-15(14)19(20)23)10-24-9-12-5-6-16-17(7-12)26-11-25-16/h1-7,13,21H,8-11H2/t13-/m0/s1. The first-order chi connectivity index (χ1) is 12.6. The third kappa shape index (κ3) is 3.02. The highest BCUT2D eigenvalue weighted by molar-refractivity contribution is 6.21. The molecule has 0 unspecified atom stereocenters. The number of aliphatic hydroxyl groups excluding tert-OH is 1. The molecule has 0 radical (unpaired) electrons. The van der Waals surface area contributed by atoms with Crippen molar-refractivity contribution in [1.82, 2.24) is 4.90 Å². The molecule has 0 aliphatic carbocycles. The van der Waals surface area contributed by atoms with E-state index >= 15 is 0 Å². The van der Waals surface area contributed by atoms with E-state index in [0.717, 1.165) is 10.5 Å². The molecule has 2 amide bonds. The van der Waals surface area contributed by atoms with Crippen molar-refractivity contribution in [2.75, 3.05) is 19.9 Å². The molecule has 7 nitrogen and oxygen atoms in total. The molecule has 0 spiro atoms. The molecule has 0 fully saturated rings. The molecule has 0 saturated heterocycles. The van der Waals surface area contributed by atoms with Crippen molar-refractivity contribution in [1.29, 1.82) is 0 Å². The summed E-state index contributed by atoms with van der Waals surface area (Å²) < 4.78 is 16.0. The van der Waals surface area contributed by atoms with Crippen molar-refractivity contribution < 1.29 is 28.9 Å². The molecule has 4 rings (SSSR count). The predicted molar refractivity (Wildman–Crippen MR) is 90.0 cm³/mol. The first kappa shape index (κ1) is 16.6. The smallest absolute Gasteiger partial charge is 0.261 e.